The van der Waals surface area contributed by atoms with Crippen LogP contribution in [-0.4, -0.2) is 23.8 Å². The van der Waals surface area contributed by atoms with Crippen LogP contribution < -0.4 is 0 Å². The van der Waals surface area contributed by atoms with Crippen molar-refractivity contribution in [3.8, 4) is 0 Å². The molecule has 1 aromatic heterocycles. The summed E-state index contributed by atoms with van der Waals surface area (Å²) < 4.78 is 4.97. The monoisotopic (exact) mass is 295 g/mol. The molecule has 4 nitrogen and oxygen atoms in total. The highest BCUT2D eigenvalue weighted by molar-refractivity contribution is 5.78. The topological polar surface area (TPSA) is 56.3 Å². The van der Waals surface area contributed by atoms with Crippen molar-refractivity contribution in [3.63, 3.8) is 0 Å². The van der Waals surface area contributed by atoms with Crippen molar-refractivity contribution in [1.82, 2.24) is 4.98 Å². The standard InChI is InChI=1S/C18H17NO3/c1-2-22-18(21)11-17-12-19-10-9-16(17)8-7-14-3-5-15(13-20)6-4-14/h3-10,12-13H,2,11H2,1H3. The maximum atomic E-state index is 11.6. The molecule has 112 valence electrons. The van der Waals surface area contributed by atoms with Crippen molar-refractivity contribution in [2.24, 2.45) is 0 Å². The van der Waals surface area contributed by atoms with Crippen molar-refractivity contribution in [2.75, 3.05) is 6.61 Å². The van der Waals surface area contributed by atoms with Crippen molar-refractivity contribution in [1.29, 1.82) is 0 Å². The van der Waals surface area contributed by atoms with Gasteiger partial charge in [-0.3, -0.25) is 14.6 Å². The molecule has 0 saturated heterocycles. The molecule has 1 aromatic carbocycles. The molecule has 0 radical (unpaired) electrons. The molecule has 2 aromatic rings. The van der Waals surface area contributed by atoms with E-state index < -0.39 is 0 Å². The van der Waals surface area contributed by atoms with E-state index in [2.05, 4.69) is 4.98 Å². The molecule has 0 spiro atoms. The number of rotatable bonds is 6. The number of benzene rings is 1. The zero-order chi connectivity index (χ0) is 15.8. The van der Waals surface area contributed by atoms with Crippen LogP contribution in [0.15, 0.2) is 42.7 Å². The van der Waals surface area contributed by atoms with E-state index in [9.17, 15) is 9.59 Å². The Hall–Kier alpha value is -2.75. The average Bonchev–Trinajstić information content (AvgIpc) is 2.55. The minimum Gasteiger partial charge on any atom is -0.466 e. The molecule has 4 heteroatoms. The quantitative estimate of drug-likeness (QED) is 0.606. The van der Waals surface area contributed by atoms with Crippen LogP contribution in [0, 0.1) is 0 Å². The highest BCUT2D eigenvalue weighted by Crippen LogP contribution is 2.14. The third-order valence-corrected chi connectivity index (χ3v) is 3.11. The number of pyridine rings is 1. The fourth-order valence-electron chi connectivity index (χ4n) is 1.99. The second-order valence-electron chi connectivity index (χ2n) is 4.67. The Balaban J connectivity index is 2.15. The van der Waals surface area contributed by atoms with Gasteiger partial charge < -0.3 is 4.74 Å². The summed E-state index contributed by atoms with van der Waals surface area (Å²) >= 11 is 0. The van der Waals surface area contributed by atoms with E-state index in [0.717, 1.165) is 23.0 Å². The number of esters is 1. The van der Waals surface area contributed by atoms with Crippen molar-refractivity contribution >= 4 is 24.4 Å². The second-order valence-corrected chi connectivity index (χ2v) is 4.67. The number of aldehydes is 1. The highest BCUT2D eigenvalue weighted by Gasteiger charge is 2.07. The zero-order valence-corrected chi connectivity index (χ0v) is 12.4. The minimum absolute atomic E-state index is 0.200. The third kappa shape index (κ3) is 4.38. The predicted molar refractivity (Wildman–Crippen MR) is 85.3 cm³/mol. The van der Waals surface area contributed by atoms with Gasteiger partial charge in [-0.05, 0) is 29.7 Å². The molecule has 22 heavy (non-hydrogen) atoms. The molecule has 0 bridgehead atoms. The lowest BCUT2D eigenvalue weighted by molar-refractivity contribution is -0.142. The first-order valence-electron chi connectivity index (χ1n) is 7.04. The number of nitrogens with zero attached hydrogens (tertiary/aromatic N) is 1. The number of carbonyl (C=O) groups excluding carboxylic acids is 2. The SMILES string of the molecule is CCOC(=O)Cc1cnccc1C=Cc1ccc(C=O)cc1. The van der Waals surface area contributed by atoms with E-state index in [0.29, 0.717) is 12.2 Å². The predicted octanol–water partition coefficient (Wildman–Crippen LogP) is 3.17. The first kappa shape index (κ1) is 15.6. The van der Waals surface area contributed by atoms with Crippen LogP contribution in [0.2, 0.25) is 0 Å². The van der Waals surface area contributed by atoms with Crippen LogP contribution in [-0.2, 0) is 16.0 Å². The van der Waals surface area contributed by atoms with E-state index in [-0.39, 0.29) is 12.4 Å². The smallest absolute Gasteiger partial charge is 0.310 e. The lowest BCUT2D eigenvalue weighted by Gasteiger charge is -2.05. The van der Waals surface area contributed by atoms with Crippen LogP contribution >= 0.6 is 0 Å². The Morgan fingerprint density at radius 2 is 1.86 bits per heavy atom. The maximum absolute atomic E-state index is 11.6. The normalized spacial score (nSPS) is 10.6. The molecular weight excluding hydrogens is 278 g/mol. The van der Waals surface area contributed by atoms with Crippen molar-refractivity contribution < 1.29 is 14.3 Å². The molecule has 1 heterocycles. The molecule has 2 rings (SSSR count). The molecule has 0 aliphatic rings. The van der Waals surface area contributed by atoms with Crippen molar-refractivity contribution in [3.05, 3.63) is 65.0 Å². The fraction of sp³-hybridized carbons (Fsp3) is 0.167. The minimum atomic E-state index is -0.263. The third-order valence-electron chi connectivity index (χ3n) is 3.11. The number of aromatic nitrogens is 1. The molecular formula is C18H17NO3. The molecule has 0 unspecified atom stereocenters. The van der Waals surface area contributed by atoms with Gasteiger partial charge in [0, 0.05) is 18.0 Å². The van der Waals surface area contributed by atoms with Crippen LogP contribution in [0.1, 0.15) is 34.0 Å². The summed E-state index contributed by atoms with van der Waals surface area (Å²) in [7, 11) is 0. The Morgan fingerprint density at radius 3 is 2.55 bits per heavy atom. The Labute approximate surface area is 129 Å². The van der Waals surface area contributed by atoms with Crippen LogP contribution in [0.5, 0.6) is 0 Å². The molecule has 0 aliphatic carbocycles. The van der Waals surface area contributed by atoms with Gasteiger partial charge in [-0.1, -0.05) is 36.4 Å². The van der Waals surface area contributed by atoms with E-state index in [4.69, 9.17) is 4.74 Å². The van der Waals surface area contributed by atoms with Gasteiger partial charge in [-0.2, -0.15) is 0 Å². The van der Waals surface area contributed by atoms with Gasteiger partial charge in [0.25, 0.3) is 0 Å². The van der Waals surface area contributed by atoms with Crippen LogP contribution in [0.25, 0.3) is 12.2 Å². The van der Waals surface area contributed by atoms with Gasteiger partial charge in [0.1, 0.15) is 6.29 Å². The molecule has 0 fully saturated rings. The molecule has 0 saturated carbocycles. The Bertz CT molecular complexity index is 675. The lowest BCUT2D eigenvalue weighted by Crippen LogP contribution is -2.08. The van der Waals surface area contributed by atoms with Crippen LogP contribution in [0.3, 0.4) is 0 Å². The Morgan fingerprint density at radius 1 is 1.14 bits per heavy atom. The van der Waals surface area contributed by atoms with Gasteiger partial charge in [0.2, 0.25) is 0 Å². The van der Waals surface area contributed by atoms with E-state index in [1.165, 1.54) is 0 Å². The zero-order valence-electron chi connectivity index (χ0n) is 12.4. The summed E-state index contributed by atoms with van der Waals surface area (Å²) in [6.45, 7) is 2.15. The largest absolute Gasteiger partial charge is 0.466 e. The van der Waals surface area contributed by atoms with E-state index in [1.54, 1.807) is 31.5 Å². The second kappa shape index (κ2) is 7.88. The summed E-state index contributed by atoms with van der Waals surface area (Å²) in [5.74, 6) is -0.263. The summed E-state index contributed by atoms with van der Waals surface area (Å²) in [6, 6.07) is 9.11. The molecule has 0 atom stereocenters. The van der Waals surface area contributed by atoms with E-state index >= 15 is 0 Å². The first-order valence-corrected chi connectivity index (χ1v) is 7.04. The number of carbonyl (C=O) groups is 2. The fourth-order valence-corrected chi connectivity index (χ4v) is 1.99. The average molecular weight is 295 g/mol. The van der Waals surface area contributed by atoms with Crippen LogP contribution in [0.4, 0.5) is 0 Å². The number of ether oxygens (including phenoxy) is 1. The van der Waals surface area contributed by atoms with Gasteiger partial charge >= 0.3 is 5.97 Å². The van der Waals surface area contributed by atoms with Gasteiger partial charge in [-0.15, -0.1) is 0 Å². The number of hydrogen-bond acceptors (Lipinski definition) is 4. The lowest BCUT2D eigenvalue weighted by atomic mass is 10.1. The summed E-state index contributed by atoms with van der Waals surface area (Å²) in [5, 5.41) is 0. The van der Waals surface area contributed by atoms with Gasteiger partial charge in [-0.25, -0.2) is 0 Å². The van der Waals surface area contributed by atoms with Gasteiger partial charge in [0.05, 0.1) is 13.0 Å². The van der Waals surface area contributed by atoms with Crippen molar-refractivity contribution in [2.45, 2.75) is 13.3 Å². The summed E-state index contributed by atoms with van der Waals surface area (Å²) in [5.41, 5.74) is 3.36. The Kier molecular flexibility index (Phi) is 5.60. The first-order chi connectivity index (χ1) is 10.7. The maximum Gasteiger partial charge on any atom is 0.310 e. The summed E-state index contributed by atoms with van der Waals surface area (Å²) in [4.78, 5) is 26.3. The molecule has 0 aliphatic heterocycles. The summed E-state index contributed by atoms with van der Waals surface area (Å²) in [6.07, 6.45) is 8.22. The van der Waals surface area contributed by atoms with Gasteiger partial charge in [0.15, 0.2) is 0 Å². The molecule has 0 N–H and O–H groups in total. The van der Waals surface area contributed by atoms with E-state index in [1.807, 2.05) is 30.4 Å². The number of hydrogen-bond donors (Lipinski definition) is 0. The highest BCUT2D eigenvalue weighted by atomic mass is 16.5. The molecule has 0 amide bonds.